The summed E-state index contributed by atoms with van der Waals surface area (Å²) in [5.74, 6) is 0. The van der Waals surface area contributed by atoms with Crippen molar-refractivity contribution in [3.05, 3.63) is 83.2 Å². The van der Waals surface area contributed by atoms with Crippen LogP contribution in [0.5, 0.6) is 0 Å². The molecule has 0 amide bonds. The first-order chi connectivity index (χ1) is 21.5. The van der Waals surface area contributed by atoms with Gasteiger partial charge in [0.25, 0.3) is 0 Å². The van der Waals surface area contributed by atoms with E-state index >= 15 is 0 Å². The van der Waals surface area contributed by atoms with Gasteiger partial charge in [-0.1, -0.05) is 101 Å². The first-order valence-corrected chi connectivity index (χ1v) is 15.7. The Labute approximate surface area is 336 Å². The van der Waals surface area contributed by atoms with Gasteiger partial charge >= 0.3 is 0 Å². The Hall–Kier alpha value is -2.40. The van der Waals surface area contributed by atoms with Crippen molar-refractivity contribution >= 4 is 86.9 Å². The van der Waals surface area contributed by atoms with Crippen molar-refractivity contribution in [2.75, 3.05) is 0 Å². The fraction of sp³-hybridized carbons (Fsp3) is 0.517. The SMILES string of the molecule is CCCCn1cc[n+](C)c1.CCCCn1cc[n+](C)c1.CCCCn1cc[n+](C)c1.[N-]=C=S.[N-]=C=S.[N-]=C=S.[N-]=C=S.[N-]=C=S.[O-2].[O-2].[U]. The van der Waals surface area contributed by atoms with Gasteiger partial charge in [-0.25, -0.2) is 27.4 Å². The molecule has 0 radical (unpaired) electrons. The number of aryl methyl sites for hydroxylation is 6. The maximum absolute atomic E-state index is 7.13. The second kappa shape index (κ2) is 56.9. The van der Waals surface area contributed by atoms with Crippen LogP contribution >= 0.6 is 61.1 Å². The first-order valence-electron chi connectivity index (χ1n) is 13.6. The van der Waals surface area contributed by atoms with Gasteiger partial charge in [-0.05, 0) is 19.3 Å². The van der Waals surface area contributed by atoms with Gasteiger partial charge in [-0.3, -0.25) is 0 Å². The minimum atomic E-state index is 0. The van der Waals surface area contributed by atoms with E-state index in [4.69, 9.17) is 27.0 Å². The molecule has 3 rings (SSSR count). The van der Waals surface area contributed by atoms with E-state index in [9.17, 15) is 0 Å². The molecular weight excluding hydrogens is 933 g/mol. The average molecular weight is 978 g/mol. The van der Waals surface area contributed by atoms with Crippen LogP contribution in [0.1, 0.15) is 59.3 Å². The van der Waals surface area contributed by atoms with Crippen molar-refractivity contribution in [3.8, 4) is 0 Å². The van der Waals surface area contributed by atoms with E-state index in [1.165, 1.54) is 64.3 Å². The Morgan fingerprint density at radius 2 is 0.646 bits per heavy atom. The van der Waals surface area contributed by atoms with Crippen molar-refractivity contribution in [3.63, 3.8) is 0 Å². The van der Waals surface area contributed by atoms with Crippen LogP contribution in [0.2, 0.25) is 0 Å². The second-order valence-corrected chi connectivity index (χ2v) is 9.38. The number of hydrogen-bond acceptors (Lipinski definition) is 5. The van der Waals surface area contributed by atoms with Crippen LogP contribution in [0.15, 0.2) is 56.2 Å². The number of rotatable bonds is 9. The molecule has 3 aromatic rings. The summed E-state index contributed by atoms with van der Waals surface area (Å²) in [6.45, 7) is 10.1. The number of hydrogen-bond donors (Lipinski definition) is 0. The Morgan fingerprint density at radius 1 is 0.479 bits per heavy atom. The number of isothiocyanates is 5. The maximum Gasteiger partial charge on any atom is 0.243 e. The third kappa shape index (κ3) is 59.1. The van der Waals surface area contributed by atoms with Gasteiger partial charge in [0, 0.05) is 31.1 Å². The Balaban J connectivity index is -0.0000000674. The molecule has 0 saturated carbocycles. The summed E-state index contributed by atoms with van der Waals surface area (Å²) in [7, 11) is 6.13. The van der Waals surface area contributed by atoms with E-state index < -0.39 is 0 Å². The minimum Gasteiger partial charge on any atom is -2.00 e. The second-order valence-electron chi connectivity index (χ2n) is 8.47. The molecule has 0 N–H and O–H groups in total. The Kier molecular flexibility index (Phi) is 76.1. The quantitative estimate of drug-likeness (QED) is 0.136. The van der Waals surface area contributed by atoms with Crippen LogP contribution in [0, 0.1) is 31.1 Å². The Morgan fingerprint density at radius 3 is 0.750 bits per heavy atom. The zero-order valence-corrected chi connectivity index (χ0v) is 36.6. The van der Waals surface area contributed by atoms with Crippen LogP contribution in [0.3, 0.4) is 0 Å². The van der Waals surface area contributed by atoms with Gasteiger partial charge < -0.3 is 38.0 Å². The van der Waals surface area contributed by atoms with Crippen molar-refractivity contribution in [2.24, 2.45) is 21.1 Å². The fourth-order valence-corrected chi connectivity index (χ4v) is 2.92. The summed E-state index contributed by atoms with van der Waals surface area (Å²) >= 11 is 18.5. The largest absolute Gasteiger partial charge is 2.00 e. The van der Waals surface area contributed by atoms with E-state index in [2.05, 4.69) is 165 Å². The van der Waals surface area contributed by atoms with Crippen molar-refractivity contribution in [1.29, 1.82) is 0 Å². The number of unbranched alkanes of at least 4 members (excludes halogenated alkanes) is 3. The normalized spacial score (nSPS) is 7.21. The van der Waals surface area contributed by atoms with Crippen molar-refractivity contribution < 1.29 is 55.8 Å². The van der Waals surface area contributed by atoms with Gasteiger partial charge in [0.1, 0.15) is 37.2 Å². The van der Waals surface area contributed by atoms with E-state index in [-0.39, 0.29) is 42.1 Å². The fourth-order valence-electron chi connectivity index (χ4n) is 2.92. The van der Waals surface area contributed by atoms with Crippen LogP contribution in [0.4, 0.5) is 0 Å². The molecule has 0 saturated heterocycles. The number of imidazole rings is 3. The van der Waals surface area contributed by atoms with Crippen molar-refractivity contribution in [1.82, 2.24) is 13.7 Å². The van der Waals surface area contributed by atoms with E-state index in [1.807, 2.05) is 21.1 Å². The van der Waals surface area contributed by atoms with E-state index in [0.717, 1.165) is 19.6 Å². The molecule has 0 aromatic carbocycles. The molecule has 0 aliphatic carbocycles. The zero-order valence-electron chi connectivity index (χ0n) is 28.3. The van der Waals surface area contributed by atoms with Gasteiger partial charge in [0.05, 0.1) is 40.8 Å². The summed E-state index contributed by atoms with van der Waals surface area (Å²) < 4.78 is 12.8. The van der Waals surface area contributed by atoms with E-state index in [0.29, 0.717) is 0 Å². The molecule has 13 nitrogen and oxygen atoms in total. The van der Waals surface area contributed by atoms with Crippen LogP contribution in [-0.4, -0.2) is 39.5 Å². The third-order valence-electron chi connectivity index (χ3n) is 4.78. The maximum atomic E-state index is 7.13. The summed E-state index contributed by atoms with van der Waals surface area (Å²) in [4.78, 5) is 0. The predicted molar refractivity (Wildman–Crippen MR) is 203 cm³/mol. The average Bonchev–Trinajstić information content (AvgIpc) is 3.73. The molecule has 0 spiro atoms. The molecule has 0 aliphatic rings. The van der Waals surface area contributed by atoms with Crippen molar-refractivity contribution in [2.45, 2.75) is 78.9 Å². The van der Waals surface area contributed by atoms with Gasteiger partial charge in [-0.2, -0.15) is 25.8 Å². The topological polar surface area (TPSA) is 195 Å². The van der Waals surface area contributed by atoms with Crippen LogP contribution in [0.25, 0.3) is 27.0 Å². The monoisotopic (exact) mass is 977 g/mol. The van der Waals surface area contributed by atoms with Gasteiger partial charge in [0.2, 0.25) is 19.0 Å². The first kappa shape index (κ1) is 64.2. The van der Waals surface area contributed by atoms with Gasteiger partial charge in [0.15, 0.2) is 0 Å². The molecule has 19 heteroatoms. The molecule has 268 valence electrons. The number of thiocarbonyl (C=S) groups is 5. The van der Waals surface area contributed by atoms with Crippen LogP contribution in [-0.2, 0) is 51.7 Å². The molecule has 3 heterocycles. The summed E-state index contributed by atoms with van der Waals surface area (Å²) in [5, 5.41) is 42.3. The molecule has 3 aromatic heterocycles. The van der Waals surface area contributed by atoms with Gasteiger partial charge in [-0.15, -0.1) is 0 Å². The molecule has 0 atom stereocenters. The Bertz CT molecular complexity index is 1080. The predicted octanol–water partition coefficient (Wildman–Crippen LogP) is 6.39. The summed E-state index contributed by atoms with van der Waals surface area (Å²) in [6, 6.07) is 0. The summed E-state index contributed by atoms with van der Waals surface area (Å²) in [6.07, 6.45) is 26.5. The number of aromatic nitrogens is 6. The molecule has 48 heavy (non-hydrogen) atoms. The standard InChI is InChI=1S/3C8H15N2.5CNS.2O.U/c3*1-3-4-5-10-7-6-9(2)8-10;5*2-1-3;;;/h3*6-8H,3-5H2,1-2H3;;;;;;;;/q3*+1;5*-1;2*-2;. The smallest absolute Gasteiger partial charge is 0.243 e. The molecule has 0 fully saturated rings. The van der Waals surface area contributed by atoms with Crippen LogP contribution < -0.4 is 13.7 Å². The molecule has 0 unspecified atom stereocenters. The third-order valence-corrected chi connectivity index (χ3v) is 4.78. The zero-order chi connectivity index (χ0) is 35.7. The summed E-state index contributed by atoms with van der Waals surface area (Å²) in [5.41, 5.74) is 0. The minimum absolute atomic E-state index is 0. The molecule has 0 bridgehead atoms. The molecule has 0 aliphatic heterocycles. The van der Waals surface area contributed by atoms with E-state index in [1.54, 1.807) is 0 Å². The molecular formula is C29H45N11O2S5U-6. The number of nitrogens with zero attached hydrogens (tertiary/aromatic N) is 11.